The molecule has 1 aliphatic rings. The number of carbonyl (C=O) groups is 1. The average Bonchev–Trinajstić information content (AvgIpc) is 2.97. The Morgan fingerprint density at radius 2 is 1.73 bits per heavy atom. The molecule has 0 aliphatic carbocycles. The average molecular weight is 356 g/mol. The molecular weight excluding hydrogens is 332 g/mol. The van der Waals surface area contributed by atoms with Gasteiger partial charge in [-0.2, -0.15) is 0 Å². The van der Waals surface area contributed by atoms with Gasteiger partial charge < -0.3 is 19.7 Å². The number of amides is 1. The maximum atomic E-state index is 12.7. The van der Waals surface area contributed by atoms with Crippen LogP contribution in [0, 0.1) is 0 Å². The van der Waals surface area contributed by atoms with E-state index in [-0.39, 0.29) is 5.91 Å². The third kappa shape index (κ3) is 4.22. The van der Waals surface area contributed by atoms with E-state index in [0.717, 1.165) is 31.6 Å². The second-order valence-electron chi connectivity index (χ2n) is 6.19. The summed E-state index contributed by atoms with van der Waals surface area (Å²) >= 11 is 0. The molecule has 2 aromatic rings. The van der Waals surface area contributed by atoms with Gasteiger partial charge in [0, 0.05) is 30.9 Å². The van der Waals surface area contributed by atoms with Gasteiger partial charge in [-0.05, 0) is 25.0 Å². The highest BCUT2D eigenvalue weighted by atomic mass is 16.5. The quantitative estimate of drug-likeness (QED) is 0.886. The van der Waals surface area contributed by atoms with Crippen molar-refractivity contribution >= 4 is 17.4 Å². The zero-order valence-corrected chi connectivity index (χ0v) is 15.2. The first-order chi connectivity index (χ1) is 12.7. The number of methoxy groups -OCH3 is 2. The third-order valence-electron chi connectivity index (χ3n) is 4.44. The summed E-state index contributed by atoms with van der Waals surface area (Å²) in [5.74, 6) is 1.79. The number of benzene rings is 1. The zero-order valence-electron chi connectivity index (χ0n) is 15.2. The molecule has 0 unspecified atom stereocenters. The summed E-state index contributed by atoms with van der Waals surface area (Å²) in [6.45, 7) is 1.59. The second kappa shape index (κ2) is 8.51. The Hall–Kier alpha value is -2.83. The number of nitrogens with one attached hydrogen (secondary N) is 1. The Kier molecular flexibility index (Phi) is 5.88. The van der Waals surface area contributed by atoms with Crippen LogP contribution in [0.4, 0.5) is 11.5 Å². The molecule has 0 bridgehead atoms. The summed E-state index contributed by atoms with van der Waals surface area (Å²) in [6.07, 6.45) is 5.87. The van der Waals surface area contributed by atoms with E-state index in [0.29, 0.717) is 23.0 Å². The molecule has 138 valence electrons. The molecule has 2 heterocycles. The number of aromatic nitrogens is 2. The fourth-order valence-corrected chi connectivity index (χ4v) is 3.04. The lowest BCUT2D eigenvalue weighted by atomic mass is 10.2. The summed E-state index contributed by atoms with van der Waals surface area (Å²) in [4.78, 5) is 23.0. The molecule has 1 fully saturated rings. The molecule has 7 nitrogen and oxygen atoms in total. The zero-order chi connectivity index (χ0) is 18.4. The van der Waals surface area contributed by atoms with Crippen LogP contribution in [-0.4, -0.2) is 48.1 Å². The van der Waals surface area contributed by atoms with Gasteiger partial charge in [0.25, 0.3) is 5.91 Å². The highest BCUT2D eigenvalue weighted by molar-refractivity contribution is 5.93. The summed E-state index contributed by atoms with van der Waals surface area (Å²) in [7, 11) is 3.18. The van der Waals surface area contributed by atoms with Gasteiger partial charge in [-0.15, -0.1) is 0 Å². The predicted molar refractivity (Wildman–Crippen MR) is 99.2 cm³/mol. The van der Waals surface area contributed by atoms with E-state index in [4.69, 9.17) is 9.47 Å². The summed E-state index contributed by atoms with van der Waals surface area (Å²) in [6, 6.07) is 7.17. The Labute approximate surface area is 153 Å². The number of likely N-dealkylation sites (tertiary alicyclic amines) is 1. The molecule has 7 heteroatoms. The molecule has 3 rings (SSSR count). The number of hydrogen-bond acceptors (Lipinski definition) is 6. The van der Waals surface area contributed by atoms with Gasteiger partial charge in [0.2, 0.25) is 0 Å². The first-order valence-electron chi connectivity index (χ1n) is 8.81. The van der Waals surface area contributed by atoms with Crippen LogP contribution < -0.4 is 14.8 Å². The Balaban J connectivity index is 1.76. The monoisotopic (exact) mass is 356 g/mol. The molecule has 0 saturated carbocycles. The maximum Gasteiger partial charge on any atom is 0.272 e. The minimum atomic E-state index is -0.0374. The van der Waals surface area contributed by atoms with Gasteiger partial charge in [0.15, 0.2) is 11.5 Å². The Bertz CT molecular complexity index is 758. The van der Waals surface area contributed by atoms with Crippen molar-refractivity contribution in [3.05, 3.63) is 36.3 Å². The number of rotatable bonds is 5. The van der Waals surface area contributed by atoms with Crippen molar-refractivity contribution < 1.29 is 14.3 Å². The highest BCUT2D eigenvalue weighted by Crippen LogP contribution is 2.30. The lowest BCUT2D eigenvalue weighted by Gasteiger charge is -2.19. The summed E-state index contributed by atoms with van der Waals surface area (Å²) in [5.41, 5.74) is 1.19. The fraction of sp³-hybridized carbons (Fsp3) is 0.421. The molecule has 0 radical (unpaired) electrons. The van der Waals surface area contributed by atoms with E-state index in [9.17, 15) is 4.79 Å². The molecule has 1 aliphatic heterocycles. The third-order valence-corrected chi connectivity index (χ3v) is 4.44. The van der Waals surface area contributed by atoms with Gasteiger partial charge in [0.1, 0.15) is 17.8 Å². The van der Waals surface area contributed by atoms with Crippen LogP contribution in [0.15, 0.2) is 30.6 Å². The summed E-state index contributed by atoms with van der Waals surface area (Å²) in [5, 5.41) is 3.18. The van der Waals surface area contributed by atoms with Crippen molar-refractivity contribution in [1.82, 2.24) is 14.9 Å². The SMILES string of the molecule is COc1ccc(Nc2cc(C(=O)N3CCCCCC3)ncn2)cc1OC. The molecule has 0 spiro atoms. The number of anilines is 2. The first-order valence-corrected chi connectivity index (χ1v) is 8.81. The largest absolute Gasteiger partial charge is 0.493 e. The van der Waals surface area contributed by atoms with Gasteiger partial charge in [-0.3, -0.25) is 4.79 Å². The maximum absolute atomic E-state index is 12.7. The molecular formula is C19H24N4O3. The van der Waals surface area contributed by atoms with Crippen LogP contribution in [0.25, 0.3) is 0 Å². The molecule has 1 saturated heterocycles. The number of carbonyl (C=O) groups excluding carboxylic acids is 1. The molecule has 1 aromatic heterocycles. The van der Waals surface area contributed by atoms with E-state index in [1.54, 1.807) is 20.3 Å². The fourth-order valence-electron chi connectivity index (χ4n) is 3.04. The smallest absolute Gasteiger partial charge is 0.272 e. The first kappa shape index (κ1) is 18.0. The van der Waals surface area contributed by atoms with Crippen molar-refractivity contribution in [2.45, 2.75) is 25.7 Å². The second-order valence-corrected chi connectivity index (χ2v) is 6.19. The Morgan fingerprint density at radius 1 is 1.00 bits per heavy atom. The normalized spacial score (nSPS) is 14.5. The van der Waals surface area contributed by atoms with E-state index in [1.807, 2.05) is 23.1 Å². The molecule has 1 amide bonds. The van der Waals surface area contributed by atoms with Crippen molar-refractivity contribution in [3.8, 4) is 11.5 Å². The van der Waals surface area contributed by atoms with E-state index < -0.39 is 0 Å². The standard InChI is InChI=1S/C19H24N4O3/c1-25-16-8-7-14(11-17(16)26-2)22-18-12-15(20-13-21-18)19(24)23-9-5-3-4-6-10-23/h7-8,11-13H,3-6,9-10H2,1-2H3,(H,20,21,22). The van der Waals surface area contributed by atoms with Crippen LogP contribution in [0.3, 0.4) is 0 Å². The van der Waals surface area contributed by atoms with Gasteiger partial charge in [-0.1, -0.05) is 12.8 Å². The van der Waals surface area contributed by atoms with Crippen molar-refractivity contribution in [3.63, 3.8) is 0 Å². The minimum Gasteiger partial charge on any atom is -0.493 e. The van der Waals surface area contributed by atoms with E-state index in [1.165, 1.54) is 19.2 Å². The van der Waals surface area contributed by atoms with Gasteiger partial charge in [-0.25, -0.2) is 9.97 Å². The van der Waals surface area contributed by atoms with Crippen LogP contribution in [-0.2, 0) is 0 Å². The highest BCUT2D eigenvalue weighted by Gasteiger charge is 2.19. The van der Waals surface area contributed by atoms with Crippen molar-refractivity contribution in [1.29, 1.82) is 0 Å². The number of ether oxygens (including phenoxy) is 2. The minimum absolute atomic E-state index is 0.0374. The number of nitrogens with zero attached hydrogens (tertiary/aromatic N) is 3. The van der Waals surface area contributed by atoms with E-state index in [2.05, 4.69) is 15.3 Å². The molecule has 26 heavy (non-hydrogen) atoms. The van der Waals surface area contributed by atoms with Gasteiger partial charge >= 0.3 is 0 Å². The molecule has 1 aromatic carbocycles. The molecule has 1 N–H and O–H groups in total. The van der Waals surface area contributed by atoms with Gasteiger partial charge in [0.05, 0.1) is 14.2 Å². The van der Waals surface area contributed by atoms with Crippen LogP contribution in [0.1, 0.15) is 36.2 Å². The lowest BCUT2D eigenvalue weighted by Crippen LogP contribution is -2.32. The predicted octanol–water partition coefficient (Wildman–Crippen LogP) is 3.25. The van der Waals surface area contributed by atoms with Crippen molar-refractivity contribution in [2.75, 3.05) is 32.6 Å². The number of hydrogen-bond donors (Lipinski definition) is 1. The van der Waals surface area contributed by atoms with Crippen molar-refractivity contribution in [2.24, 2.45) is 0 Å². The van der Waals surface area contributed by atoms with Crippen LogP contribution in [0.5, 0.6) is 11.5 Å². The van der Waals surface area contributed by atoms with E-state index >= 15 is 0 Å². The topological polar surface area (TPSA) is 76.6 Å². The summed E-state index contributed by atoms with van der Waals surface area (Å²) < 4.78 is 10.5. The Morgan fingerprint density at radius 3 is 2.42 bits per heavy atom. The van der Waals surface area contributed by atoms with Crippen LogP contribution in [0.2, 0.25) is 0 Å². The molecule has 0 atom stereocenters. The lowest BCUT2D eigenvalue weighted by molar-refractivity contribution is 0.0755. The van der Waals surface area contributed by atoms with Crippen LogP contribution >= 0.6 is 0 Å².